The number of aliphatic carboxylic acids is 2. The Balaban J connectivity index is -0.0000000480. The Morgan fingerprint density at radius 2 is 1.50 bits per heavy atom. The number of carbonyl (C=O) groups is 2. The van der Waals surface area contributed by atoms with E-state index in [9.17, 15) is 18.0 Å². The first-order valence-corrected chi connectivity index (χ1v) is 4.73. The van der Waals surface area contributed by atoms with Crippen molar-refractivity contribution in [2.24, 2.45) is 5.92 Å². The first-order chi connectivity index (χ1) is 5.72. The molecule has 1 unspecified atom stereocenters. The Morgan fingerprint density at radius 1 is 1.12 bits per heavy atom. The van der Waals surface area contributed by atoms with Crippen molar-refractivity contribution in [2.45, 2.75) is 6.42 Å². The van der Waals surface area contributed by atoms with Crippen LogP contribution >= 0.6 is 0 Å². The molecule has 0 heterocycles. The van der Waals surface area contributed by atoms with Gasteiger partial charge in [0.1, 0.15) is 0 Å². The molecule has 7 nitrogen and oxygen atoms in total. The summed E-state index contributed by atoms with van der Waals surface area (Å²) in [5, 5.41) is 16.5. The van der Waals surface area contributed by atoms with E-state index in [1.165, 1.54) is 0 Å². The van der Waals surface area contributed by atoms with Crippen LogP contribution in [0.3, 0.4) is 0 Å². The molecule has 0 spiro atoms. The molecule has 3 N–H and O–H groups in total. The van der Waals surface area contributed by atoms with Gasteiger partial charge in [-0.05, 0) is 0 Å². The van der Waals surface area contributed by atoms with Crippen LogP contribution in [0.5, 0.6) is 0 Å². The van der Waals surface area contributed by atoms with Gasteiger partial charge in [-0.1, -0.05) is 0 Å². The molecule has 0 amide bonds. The van der Waals surface area contributed by atoms with Gasteiger partial charge in [0.05, 0.1) is 18.1 Å². The van der Waals surface area contributed by atoms with E-state index in [4.69, 9.17) is 14.8 Å². The molecule has 0 bridgehead atoms. The third-order valence-corrected chi connectivity index (χ3v) is 2.01. The molecule has 0 saturated heterocycles. The molecule has 0 aliphatic carbocycles. The number of hydrogen-bond acceptors (Lipinski definition) is 4. The van der Waals surface area contributed by atoms with E-state index in [1.807, 2.05) is 0 Å². The van der Waals surface area contributed by atoms with Gasteiger partial charge >= 0.3 is 101 Å². The molecule has 0 fully saturated rings. The fourth-order valence-electron chi connectivity index (χ4n) is 0.683. The van der Waals surface area contributed by atoms with E-state index >= 15 is 0 Å². The van der Waals surface area contributed by atoms with Gasteiger partial charge in [-0.2, -0.15) is 8.42 Å². The van der Waals surface area contributed by atoms with Crippen LogP contribution in [-0.4, -0.2) is 40.9 Å². The van der Waals surface area contributed by atoms with Gasteiger partial charge in [0.15, 0.2) is 0 Å². The van der Waals surface area contributed by atoms with Crippen LogP contribution in [-0.2, 0) is 19.7 Å². The first-order valence-electron chi connectivity index (χ1n) is 3.12. The van der Waals surface area contributed by atoms with Crippen molar-refractivity contribution in [3.63, 3.8) is 0 Å². The van der Waals surface area contributed by atoms with Gasteiger partial charge in [0, 0.05) is 0 Å². The maximum Gasteiger partial charge on any atom is 1.00 e. The van der Waals surface area contributed by atoms with E-state index in [0.717, 1.165) is 0 Å². The summed E-state index contributed by atoms with van der Waals surface area (Å²) in [6.07, 6.45) is -0.838. The second-order valence-corrected chi connectivity index (χ2v) is 3.88. The Bertz CT molecular complexity index is 326. The van der Waals surface area contributed by atoms with Crippen LogP contribution in [0.15, 0.2) is 0 Å². The summed E-state index contributed by atoms with van der Waals surface area (Å²) in [4.78, 5) is 20.3. The fourth-order valence-corrected chi connectivity index (χ4v) is 1.45. The molecule has 0 aliphatic rings. The van der Waals surface area contributed by atoms with Gasteiger partial charge in [-0.25, -0.2) is 0 Å². The molecular formula is C5H11Na3O7S. The molecule has 16 heavy (non-hydrogen) atoms. The van der Waals surface area contributed by atoms with Crippen molar-refractivity contribution in [3.8, 4) is 0 Å². The quantitative estimate of drug-likeness (QED) is 0.337. The summed E-state index contributed by atoms with van der Waals surface area (Å²) >= 11 is 0. The van der Waals surface area contributed by atoms with Crippen molar-refractivity contribution in [1.29, 1.82) is 0 Å². The molecule has 0 aromatic rings. The van der Waals surface area contributed by atoms with E-state index in [2.05, 4.69) is 0 Å². The van der Waals surface area contributed by atoms with Gasteiger partial charge in [-0.3, -0.25) is 14.1 Å². The molecule has 0 saturated carbocycles. The standard InChI is InChI=1S/C5H8O7S.3Na.3H/c6-4(7)1-3(5(8)9)2-13(10,11)12;;;;;;/h3H,1-2H2,(H,6,7)(H,8,9)(H,10,11,12);;;;;;/q;3*+1;3*-1. The molecular weight excluding hydrogens is 273 g/mol. The molecule has 11 heteroatoms. The molecule has 0 radical (unpaired) electrons. The Hall–Kier alpha value is 1.85. The maximum absolute atomic E-state index is 10.3. The van der Waals surface area contributed by atoms with E-state index < -0.39 is 40.1 Å². The minimum absolute atomic E-state index is 0. The van der Waals surface area contributed by atoms with Crippen LogP contribution in [0.25, 0.3) is 0 Å². The van der Waals surface area contributed by atoms with Crippen LogP contribution in [0.4, 0.5) is 0 Å². The molecule has 0 aromatic heterocycles. The minimum Gasteiger partial charge on any atom is -1.00 e. The largest absolute Gasteiger partial charge is 1.00 e. The smallest absolute Gasteiger partial charge is 1.00 e. The van der Waals surface area contributed by atoms with E-state index in [0.29, 0.717) is 0 Å². The fraction of sp³-hybridized carbons (Fsp3) is 0.600. The predicted molar refractivity (Wildman–Crippen MR) is 43.1 cm³/mol. The van der Waals surface area contributed by atoms with Crippen LogP contribution in [0.1, 0.15) is 10.7 Å². The van der Waals surface area contributed by atoms with Gasteiger partial charge in [0.2, 0.25) is 0 Å². The average Bonchev–Trinajstić information content (AvgIpc) is 1.81. The molecule has 0 rings (SSSR count). The molecule has 0 aliphatic heterocycles. The Labute approximate surface area is 163 Å². The van der Waals surface area contributed by atoms with Crippen molar-refractivity contribution in [1.82, 2.24) is 0 Å². The summed E-state index contributed by atoms with van der Waals surface area (Å²) < 4.78 is 28.7. The topological polar surface area (TPSA) is 129 Å². The minimum atomic E-state index is -4.46. The zero-order chi connectivity index (χ0) is 10.6. The number of carboxylic acid groups (broad SMARTS) is 2. The van der Waals surface area contributed by atoms with E-state index in [-0.39, 0.29) is 93.0 Å². The van der Waals surface area contributed by atoms with Crippen LogP contribution < -0.4 is 88.7 Å². The zero-order valence-corrected chi connectivity index (χ0v) is 16.2. The van der Waals surface area contributed by atoms with Crippen molar-refractivity contribution in [3.05, 3.63) is 0 Å². The van der Waals surface area contributed by atoms with Crippen molar-refractivity contribution < 1.29 is 126 Å². The van der Waals surface area contributed by atoms with E-state index in [1.54, 1.807) is 0 Å². The summed E-state index contributed by atoms with van der Waals surface area (Å²) in [6, 6.07) is 0. The monoisotopic (exact) mass is 284 g/mol. The number of rotatable bonds is 5. The van der Waals surface area contributed by atoms with Crippen molar-refractivity contribution >= 4 is 22.1 Å². The normalized spacial score (nSPS) is 11.1. The third-order valence-electron chi connectivity index (χ3n) is 1.18. The Kier molecular flexibility index (Phi) is 19.7. The van der Waals surface area contributed by atoms with Crippen LogP contribution in [0.2, 0.25) is 0 Å². The van der Waals surface area contributed by atoms with Crippen LogP contribution in [0, 0.1) is 5.92 Å². The summed E-state index contributed by atoms with van der Waals surface area (Å²) in [5.41, 5.74) is 0. The number of carboxylic acids is 2. The maximum atomic E-state index is 10.3. The van der Waals surface area contributed by atoms with Gasteiger partial charge in [-0.15, -0.1) is 0 Å². The molecule has 0 aromatic carbocycles. The molecule has 82 valence electrons. The summed E-state index contributed by atoms with van der Waals surface area (Å²) in [7, 11) is -4.46. The molecule has 1 atom stereocenters. The number of hydrogen-bond donors (Lipinski definition) is 3. The second-order valence-electron chi connectivity index (χ2n) is 2.38. The average molecular weight is 284 g/mol. The van der Waals surface area contributed by atoms with Crippen molar-refractivity contribution in [2.75, 3.05) is 5.75 Å². The second kappa shape index (κ2) is 11.9. The first kappa shape index (κ1) is 26.4. The zero-order valence-electron chi connectivity index (χ0n) is 12.4. The Morgan fingerprint density at radius 3 is 1.69 bits per heavy atom. The van der Waals surface area contributed by atoms with Gasteiger partial charge < -0.3 is 14.5 Å². The third kappa shape index (κ3) is 15.9. The van der Waals surface area contributed by atoms with Gasteiger partial charge in [0.25, 0.3) is 10.1 Å². The summed E-state index contributed by atoms with van der Waals surface area (Å²) in [5.74, 6) is -5.71. The SMILES string of the molecule is O=C(O)CC(CS(=O)(=O)O)C(=O)O.[H-].[H-].[H-].[Na+].[Na+].[Na+]. The predicted octanol–water partition coefficient (Wildman–Crippen LogP) is -9.60. The summed E-state index contributed by atoms with van der Waals surface area (Å²) in [6.45, 7) is 0.